The van der Waals surface area contributed by atoms with E-state index in [1.165, 1.54) is 0 Å². The third-order valence-corrected chi connectivity index (χ3v) is 5.96. The van der Waals surface area contributed by atoms with Crippen molar-refractivity contribution in [2.24, 2.45) is 0 Å². The number of hydrogen-bond donors (Lipinski definition) is 1. The Kier molecular flexibility index (Phi) is 4.23. The van der Waals surface area contributed by atoms with E-state index in [1.54, 1.807) is 19.1 Å². The number of aryl methyl sites for hydroxylation is 1. The highest BCUT2D eigenvalue weighted by Gasteiger charge is 2.44. The second-order valence-corrected chi connectivity index (χ2v) is 7.40. The molecule has 5 heteroatoms. The molecule has 0 radical (unpaired) electrons. The molecule has 0 aromatic heterocycles. The molecule has 0 bridgehead atoms. The molecule has 1 rings (SSSR count). The standard InChI is InChI=1S/C12H17ClO3S/c1-4-12(13,17(3,15)16)11(14)10-7-5-9(2)6-8-10/h5-8,11,14H,4H2,1-3H3/t11-,12+/m1/s1. The van der Waals surface area contributed by atoms with Gasteiger partial charge in [0.2, 0.25) is 0 Å². The number of rotatable bonds is 4. The van der Waals surface area contributed by atoms with Crippen LogP contribution in [0.2, 0.25) is 0 Å². The zero-order valence-corrected chi connectivity index (χ0v) is 11.7. The predicted octanol–water partition coefficient (Wildman–Crippen LogP) is 2.42. The molecule has 0 unspecified atom stereocenters. The molecule has 0 aliphatic carbocycles. The van der Waals surface area contributed by atoms with E-state index in [-0.39, 0.29) is 6.42 Å². The molecular formula is C12H17ClO3S. The smallest absolute Gasteiger partial charge is 0.174 e. The van der Waals surface area contributed by atoms with Crippen molar-refractivity contribution in [2.45, 2.75) is 30.6 Å². The van der Waals surface area contributed by atoms with Crippen LogP contribution in [-0.2, 0) is 9.84 Å². The molecule has 0 saturated carbocycles. The van der Waals surface area contributed by atoms with Crippen LogP contribution >= 0.6 is 11.6 Å². The Morgan fingerprint density at radius 3 is 2.18 bits per heavy atom. The largest absolute Gasteiger partial charge is 0.385 e. The summed E-state index contributed by atoms with van der Waals surface area (Å²) in [6, 6.07) is 7.01. The van der Waals surface area contributed by atoms with Crippen molar-refractivity contribution in [2.75, 3.05) is 6.26 Å². The van der Waals surface area contributed by atoms with Gasteiger partial charge < -0.3 is 5.11 Å². The van der Waals surface area contributed by atoms with E-state index < -0.39 is 20.1 Å². The first-order chi connectivity index (χ1) is 7.72. The van der Waals surface area contributed by atoms with Gasteiger partial charge in [-0.3, -0.25) is 0 Å². The van der Waals surface area contributed by atoms with Gasteiger partial charge in [-0.2, -0.15) is 0 Å². The Morgan fingerprint density at radius 2 is 1.82 bits per heavy atom. The summed E-state index contributed by atoms with van der Waals surface area (Å²) in [4.78, 5) is 0. The van der Waals surface area contributed by atoms with Gasteiger partial charge in [0.05, 0.1) is 0 Å². The summed E-state index contributed by atoms with van der Waals surface area (Å²) in [6.45, 7) is 3.56. The Bertz CT molecular complexity index is 481. The van der Waals surface area contributed by atoms with Crippen LogP contribution in [-0.4, -0.2) is 24.0 Å². The minimum atomic E-state index is -3.56. The highest BCUT2D eigenvalue weighted by molar-refractivity contribution is 7.93. The second-order valence-electron chi connectivity index (χ2n) is 4.23. The average Bonchev–Trinajstić information content (AvgIpc) is 2.26. The summed E-state index contributed by atoms with van der Waals surface area (Å²) in [5.41, 5.74) is 1.55. The third-order valence-electron chi connectivity index (χ3n) is 2.90. The molecule has 1 aromatic rings. The van der Waals surface area contributed by atoms with E-state index >= 15 is 0 Å². The second kappa shape index (κ2) is 4.96. The summed E-state index contributed by atoms with van der Waals surface area (Å²) in [7, 11) is -3.56. The SMILES string of the molecule is CC[C@@](Cl)([C@H](O)c1ccc(C)cc1)S(C)(=O)=O. The van der Waals surface area contributed by atoms with Crippen LogP contribution in [0.3, 0.4) is 0 Å². The van der Waals surface area contributed by atoms with Gasteiger partial charge in [-0.1, -0.05) is 48.4 Å². The number of sulfone groups is 1. The minimum Gasteiger partial charge on any atom is -0.385 e. The van der Waals surface area contributed by atoms with Crippen LogP contribution in [0.5, 0.6) is 0 Å². The van der Waals surface area contributed by atoms with Gasteiger partial charge in [-0.25, -0.2) is 8.42 Å². The van der Waals surface area contributed by atoms with E-state index in [0.717, 1.165) is 11.8 Å². The molecule has 0 heterocycles. The van der Waals surface area contributed by atoms with Crippen molar-refractivity contribution in [3.05, 3.63) is 35.4 Å². The summed E-state index contributed by atoms with van der Waals surface area (Å²) in [6.07, 6.45) is -0.0478. The Morgan fingerprint density at radius 1 is 1.35 bits per heavy atom. The molecule has 3 nitrogen and oxygen atoms in total. The molecule has 17 heavy (non-hydrogen) atoms. The maximum atomic E-state index is 11.7. The molecule has 0 aliphatic heterocycles. The first kappa shape index (κ1) is 14.5. The number of benzene rings is 1. The quantitative estimate of drug-likeness (QED) is 0.860. The molecule has 0 saturated heterocycles. The first-order valence-electron chi connectivity index (χ1n) is 5.35. The topological polar surface area (TPSA) is 54.4 Å². The fraction of sp³-hybridized carbons (Fsp3) is 0.500. The number of aliphatic hydroxyl groups is 1. The fourth-order valence-electron chi connectivity index (χ4n) is 1.66. The molecule has 1 N–H and O–H groups in total. The fourth-order valence-corrected chi connectivity index (χ4v) is 2.85. The lowest BCUT2D eigenvalue weighted by molar-refractivity contribution is 0.155. The van der Waals surface area contributed by atoms with Crippen molar-refractivity contribution in [1.29, 1.82) is 0 Å². The lowest BCUT2D eigenvalue weighted by Gasteiger charge is -2.29. The third kappa shape index (κ3) is 2.81. The lowest BCUT2D eigenvalue weighted by Crippen LogP contribution is -2.37. The predicted molar refractivity (Wildman–Crippen MR) is 69.9 cm³/mol. The average molecular weight is 277 g/mol. The maximum absolute atomic E-state index is 11.7. The normalized spacial score (nSPS) is 17.5. The van der Waals surface area contributed by atoms with Crippen molar-refractivity contribution in [1.82, 2.24) is 0 Å². The molecular weight excluding hydrogens is 260 g/mol. The van der Waals surface area contributed by atoms with Gasteiger partial charge >= 0.3 is 0 Å². The van der Waals surface area contributed by atoms with E-state index in [0.29, 0.717) is 5.56 Å². The van der Waals surface area contributed by atoms with Gasteiger partial charge in [-0.15, -0.1) is 0 Å². The maximum Gasteiger partial charge on any atom is 0.174 e. The monoisotopic (exact) mass is 276 g/mol. The van der Waals surface area contributed by atoms with Gasteiger partial charge in [-0.05, 0) is 18.9 Å². The minimum absolute atomic E-state index is 0.141. The molecule has 0 spiro atoms. The number of alkyl halides is 1. The van der Waals surface area contributed by atoms with Gasteiger partial charge in [0.1, 0.15) is 6.10 Å². The van der Waals surface area contributed by atoms with Crippen LogP contribution < -0.4 is 0 Å². The Labute approximate surface area is 107 Å². The van der Waals surface area contributed by atoms with Crippen LogP contribution in [0.15, 0.2) is 24.3 Å². The van der Waals surface area contributed by atoms with Gasteiger partial charge in [0, 0.05) is 6.26 Å². The molecule has 0 fully saturated rings. The zero-order chi connectivity index (χ0) is 13.3. The van der Waals surface area contributed by atoms with Crippen molar-refractivity contribution in [3.8, 4) is 0 Å². The number of hydrogen-bond acceptors (Lipinski definition) is 3. The van der Waals surface area contributed by atoms with E-state index in [4.69, 9.17) is 11.6 Å². The van der Waals surface area contributed by atoms with Gasteiger partial charge in [0.25, 0.3) is 0 Å². The summed E-state index contributed by atoms with van der Waals surface area (Å²) in [5.74, 6) is 0. The summed E-state index contributed by atoms with van der Waals surface area (Å²) < 4.78 is 21.7. The molecule has 0 amide bonds. The Hall–Kier alpha value is -0.580. The first-order valence-corrected chi connectivity index (χ1v) is 7.62. The van der Waals surface area contributed by atoms with Gasteiger partial charge in [0.15, 0.2) is 14.0 Å². The lowest BCUT2D eigenvalue weighted by atomic mass is 10.0. The molecule has 2 atom stereocenters. The molecule has 1 aromatic carbocycles. The van der Waals surface area contributed by atoms with Crippen LogP contribution in [0.25, 0.3) is 0 Å². The highest BCUT2D eigenvalue weighted by atomic mass is 35.5. The highest BCUT2D eigenvalue weighted by Crippen LogP contribution is 2.39. The number of halogens is 1. The van der Waals surface area contributed by atoms with Crippen LogP contribution in [0, 0.1) is 6.92 Å². The van der Waals surface area contributed by atoms with E-state index in [9.17, 15) is 13.5 Å². The van der Waals surface area contributed by atoms with E-state index in [1.807, 2.05) is 19.1 Å². The number of aliphatic hydroxyl groups excluding tert-OH is 1. The molecule has 96 valence electrons. The van der Waals surface area contributed by atoms with Crippen molar-refractivity contribution in [3.63, 3.8) is 0 Å². The van der Waals surface area contributed by atoms with Crippen LogP contribution in [0.4, 0.5) is 0 Å². The zero-order valence-electron chi connectivity index (χ0n) is 10.1. The van der Waals surface area contributed by atoms with Crippen molar-refractivity contribution < 1.29 is 13.5 Å². The summed E-state index contributed by atoms with van der Waals surface area (Å²) in [5, 5.41) is 10.2. The van der Waals surface area contributed by atoms with Crippen LogP contribution in [0.1, 0.15) is 30.6 Å². The summed E-state index contributed by atoms with van der Waals surface area (Å²) >= 11 is 6.09. The Balaban J connectivity index is 3.19. The van der Waals surface area contributed by atoms with Crippen molar-refractivity contribution >= 4 is 21.4 Å². The molecule has 0 aliphatic rings. The van der Waals surface area contributed by atoms with E-state index in [2.05, 4.69) is 0 Å².